The van der Waals surface area contributed by atoms with Gasteiger partial charge in [0.1, 0.15) is 5.75 Å². The van der Waals surface area contributed by atoms with E-state index in [1.165, 1.54) is 12.1 Å². The second kappa shape index (κ2) is 8.13. The molecule has 0 saturated carbocycles. The molecule has 134 valence electrons. The Kier molecular flexibility index (Phi) is 6.17. The number of amides is 1. The average Bonchev–Trinajstić information content (AvgIpc) is 2.61. The summed E-state index contributed by atoms with van der Waals surface area (Å²) in [6.07, 6.45) is 0.676. The fourth-order valence-corrected chi connectivity index (χ4v) is 3.50. The lowest BCUT2D eigenvalue weighted by Crippen LogP contribution is -2.32. The lowest BCUT2D eigenvalue weighted by Gasteiger charge is -2.13. The number of anilines is 1. The van der Waals surface area contributed by atoms with Crippen LogP contribution in [0.25, 0.3) is 0 Å². The monoisotopic (exact) mass is 362 g/mol. The number of sulfonamides is 1. The van der Waals surface area contributed by atoms with E-state index < -0.39 is 15.9 Å². The Labute approximate surface area is 148 Å². The number of hydrogen-bond donors (Lipinski definition) is 2. The maximum Gasteiger partial charge on any atom is 0.255 e. The minimum atomic E-state index is -3.66. The molecule has 0 fully saturated rings. The number of nitrogens with one attached hydrogen (secondary N) is 2. The summed E-state index contributed by atoms with van der Waals surface area (Å²) in [5, 5.41) is 2.73. The molecule has 0 heterocycles. The Bertz CT molecular complexity index is 850. The van der Waals surface area contributed by atoms with E-state index in [0.29, 0.717) is 17.9 Å². The third-order valence-corrected chi connectivity index (χ3v) is 5.29. The number of benzene rings is 2. The van der Waals surface area contributed by atoms with E-state index >= 15 is 0 Å². The number of hydrogen-bond acceptors (Lipinski definition) is 4. The van der Waals surface area contributed by atoms with Crippen LogP contribution in [-0.2, 0) is 10.0 Å². The maximum absolute atomic E-state index is 12.4. The molecule has 1 unspecified atom stereocenters. The van der Waals surface area contributed by atoms with E-state index in [9.17, 15) is 13.2 Å². The van der Waals surface area contributed by atoms with Crippen molar-refractivity contribution in [1.29, 1.82) is 0 Å². The topological polar surface area (TPSA) is 84.5 Å². The number of ether oxygens (including phenoxy) is 1. The van der Waals surface area contributed by atoms with Crippen molar-refractivity contribution in [2.75, 3.05) is 12.4 Å². The second-order valence-corrected chi connectivity index (χ2v) is 7.36. The largest absolute Gasteiger partial charge is 0.497 e. The summed E-state index contributed by atoms with van der Waals surface area (Å²) in [6.45, 7) is 3.68. The molecule has 25 heavy (non-hydrogen) atoms. The molecule has 0 aliphatic rings. The first-order valence-electron chi connectivity index (χ1n) is 7.93. The molecule has 0 spiro atoms. The van der Waals surface area contributed by atoms with Gasteiger partial charge < -0.3 is 10.1 Å². The van der Waals surface area contributed by atoms with Crippen LogP contribution in [0.5, 0.6) is 5.75 Å². The Hall–Kier alpha value is -2.38. The van der Waals surface area contributed by atoms with E-state index in [4.69, 9.17) is 4.74 Å². The molecule has 0 radical (unpaired) electrons. The minimum Gasteiger partial charge on any atom is -0.497 e. The second-order valence-electron chi connectivity index (χ2n) is 5.64. The third-order valence-electron chi connectivity index (χ3n) is 3.70. The van der Waals surface area contributed by atoms with Crippen LogP contribution in [0.15, 0.2) is 53.4 Å². The van der Waals surface area contributed by atoms with E-state index in [-0.39, 0.29) is 16.5 Å². The molecule has 7 heteroatoms. The van der Waals surface area contributed by atoms with Gasteiger partial charge in [0.15, 0.2) is 0 Å². The zero-order valence-corrected chi connectivity index (χ0v) is 15.3. The minimum absolute atomic E-state index is 0.0612. The van der Waals surface area contributed by atoms with Crippen LogP contribution >= 0.6 is 0 Å². The van der Waals surface area contributed by atoms with Crippen LogP contribution in [0.1, 0.15) is 30.6 Å². The summed E-state index contributed by atoms with van der Waals surface area (Å²) in [5.74, 6) is 0.223. The molecule has 0 aliphatic heterocycles. The number of rotatable bonds is 7. The van der Waals surface area contributed by atoms with Crippen molar-refractivity contribution in [3.8, 4) is 5.75 Å². The summed E-state index contributed by atoms with van der Waals surface area (Å²) in [7, 11) is -2.12. The SMILES string of the molecule is CCC(C)NS(=O)(=O)c1cccc(C(=O)Nc2cccc(OC)c2)c1. The van der Waals surface area contributed by atoms with Crippen LogP contribution < -0.4 is 14.8 Å². The third kappa shape index (κ3) is 5.04. The summed E-state index contributed by atoms with van der Waals surface area (Å²) in [6, 6.07) is 12.7. The fraction of sp³-hybridized carbons (Fsp3) is 0.278. The van der Waals surface area contributed by atoms with Crippen molar-refractivity contribution < 1.29 is 17.9 Å². The Balaban J connectivity index is 2.21. The van der Waals surface area contributed by atoms with Crippen LogP contribution in [0, 0.1) is 0 Å². The van der Waals surface area contributed by atoms with Gasteiger partial charge in [0.25, 0.3) is 5.91 Å². The Morgan fingerprint density at radius 3 is 2.56 bits per heavy atom. The van der Waals surface area contributed by atoms with Gasteiger partial charge in [-0.05, 0) is 43.7 Å². The molecule has 0 saturated heterocycles. The average molecular weight is 362 g/mol. The fourth-order valence-electron chi connectivity index (χ4n) is 2.12. The van der Waals surface area contributed by atoms with Gasteiger partial charge in [-0.15, -0.1) is 0 Å². The molecule has 0 aliphatic carbocycles. The van der Waals surface area contributed by atoms with Crippen LogP contribution in [0.3, 0.4) is 0 Å². The predicted octanol–water partition coefficient (Wildman–Crippen LogP) is 3.02. The van der Waals surface area contributed by atoms with Crippen molar-refractivity contribution in [3.05, 3.63) is 54.1 Å². The molecule has 2 aromatic rings. The Morgan fingerprint density at radius 2 is 1.88 bits per heavy atom. The van der Waals surface area contributed by atoms with Crippen LogP contribution in [0.2, 0.25) is 0 Å². The van der Waals surface area contributed by atoms with Gasteiger partial charge in [-0.25, -0.2) is 13.1 Å². The molecule has 0 bridgehead atoms. The lowest BCUT2D eigenvalue weighted by atomic mass is 10.2. The normalized spacial score (nSPS) is 12.4. The lowest BCUT2D eigenvalue weighted by molar-refractivity contribution is 0.102. The molecular formula is C18H22N2O4S. The van der Waals surface area contributed by atoms with Crippen LogP contribution in [-0.4, -0.2) is 27.5 Å². The first-order chi connectivity index (χ1) is 11.9. The highest BCUT2D eigenvalue weighted by Crippen LogP contribution is 2.18. The van der Waals surface area contributed by atoms with Crippen molar-refractivity contribution >= 4 is 21.6 Å². The van der Waals surface area contributed by atoms with E-state index in [1.807, 2.05) is 6.92 Å². The van der Waals surface area contributed by atoms with Crippen LogP contribution in [0.4, 0.5) is 5.69 Å². The van der Waals surface area contributed by atoms with Crippen molar-refractivity contribution in [2.24, 2.45) is 0 Å². The predicted molar refractivity (Wildman–Crippen MR) is 97.5 cm³/mol. The highest BCUT2D eigenvalue weighted by molar-refractivity contribution is 7.89. The maximum atomic E-state index is 12.4. The van der Waals surface area contributed by atoms with Gasteiger partial charge in [0.2, 0.25) is 10.0 Å². The van der Waals surface area contributed by atoms with E-state index in [0.717, 1.165) is 0 Å². The molecular weight excluding hydrogens is 340 g/mol. The van der Waals surface area contributed by atoms with E-state index in [1.54, 1.807) is 50.4 Å². The molecule has 2 aromatic carbocycles. The first kappa shape index (κ1) is 19.0. The summed E-state index contributed by atoms with van der Waals surface area (Å²) in [5.41, 5.74) is 0.824. The van der Waals surface area contributed by atoms with E-state index in [2.05, 4.69) is 10.0 Å². The van der Waals surface area contributed by atoms with Crippen molar-refractivity contribution in [3.63, 3.8) is 0 Å². The Morgan fingerprint density at radius 1 is 1.16 bits per heavy atom. The molecule has 2 rings (SSSR count). The van der Waals surface area contributed by atoms with Gasteiger partial charge in [0.05, 0.1) is 12.0 Å². The smallest absolute Gasteiger partial charge is 0.255 e. The van der Waals surface area contributed by atoms with Gasteiger partial charge >= 0.3 is 0 Å². The number of carbonyl (C=O) groups excluding carboxylic acids is 1. The standard InChI is InChI=1S/C18H22N2O4S/c1-4-13(2)20-25(22,23)17-10-5-7-14(11-17)18(21)19-15-8-6-9-16(12-15)24-3/h5-13,20H,4H2,1-3H3,(H,19,21). The summed E-state index contributed by atoms with van der Waals surface area (Å²) < 4.78 is 32.4. The highest BCUT2D eigenvalue weighted by atomic mass is 32.2. The van der Waals surface area contributed by atoms with Crippen molar-refractivity contribution in [2.45, 2.75) is 31.2 Å². The van der Waals surface area contributed by atoms with Gasteiger partial charge in [0, 0.05) is 23.4 Å². The highest BCUT2D eigenvalue weighted by Gasteiger charge is 2.18. The van der Waals surface area contributed by atoms with Crippen molar-refractivity contribution in [1.82, 2.24) is 4.72 Å². The first-order valence-corrected chi connectivity index (χ1v) is 9.42. The summed E-state index contributed by atoms with van der Waals surface area (Å²) >= 11 is 0. The van der Waals surface area contributed by atoms with Gasteiger partial charge in [-0.1, -0.05) is 19.1 Å². The molecule has 2 N–H and O–H groups in total. The quantitative estimate of drug-likeness (QED) is 0.793. The zero-order valence-electron chi connectivity index (χ0n) is 14.4. The molecule has 6 nitrogen and oxygen atoms in total. The molecule has 0 aromatic heterocycles. The van der Waals surface area contributed by atoms with Gasteiger partial charge in [-0.2, -0.15) is 0 Å². The zero-order chi connectivity index (χ0) is 18.4. The number of methoxy groups -OCH3 is 1. The molecule has 1 amide bonds. The number of carbonyl (C=O) groups is 1. The van der Waals surface area contributed by atoms with Gasteiger partial charge in [-0.3, -0.25) is 4.79 Å². The summed E-state index contributed by atoms with van der Waals surface area (Å²) in [4.78, 5) is 12.5. The molecule has 1 atom stereocenters.